The van der Waals surface area contributed by atoms with Crippen LogP contribution in [0, 0.1) is 12.7 Å². The molecule has 1 aromatic carbocycles. The lowest BCUT2D eigenvalue weighted by atomic mass is 9.99. The van der Waals surface area contributed by atoms with E-state index in [0.29, 0.717) is 16.7 Å². The number of hydrogen-bond donors (Lipinski definition) is 1. The van der Waals surface area contributed by atoms with Crippen molar-refractivity contribution >= 4 is 5.97 Å². The van der Waals surface area contributed by atoms with E-state index in [1.165, 1.54) is 24.5 Å². The molecular weight excluding hydrogens is 273 g/mol. The molecule has 0 unspecified atom stereocenters. The predicted molar refractivity (Wildman–Crippen MR) is 77.1 cm³/mol. The average Bonchev–Trinajstić information content (AvgIpc) is 2.40. The van der Waals surface area contributed by atoms with Gasteiger partial charge in [0, 0.05) is 18.0 Å². The van der Waals surface area contributed by atoms with Crippen molar-refractivity contribution in [3.8, 4) is 16.9 Å². The standard InChI is InChI=1S/C16H16FNO3/c1-9(2)21-15-5-4-11(6-14(15)17)12-7-18-8-13(10(12)3)16(19)20/h4-9H,1-3H3,(H,19,20). The largest absolute Gasteiger partial charge is 0.488 e. The molecule has 0 fully saturated rings. The van der Waals surface area contributed by atoms with Gasteiger partial charge in [-0.3, -0.25) is 4.98 Å². The Hall–Kier alpha value is -2.43. The average molecular weight is 289 g/mol. The second-order valence-corrected chi connectivity index (χ2v) is 4.98. The number of nitrogens with zero attached hydrogens (tertiary/aromatic N) is 1. The highest BCUT2D eigenvalue weighted by Gasteiger charge is 2.14. The molecule has 0 aliphatic rings. The maximum atomic E-state index is 14.0. The Morgan fingerprint density at radius 3 is 2.62 bits per heavy atom. The minimum Gasteiger partial charge on any atom is -0.488 e. The van der Waals surface area contributed by atoms with Crippen LogP contribution >= 0.6 is 0 Å². The molecule has 2 aromatic rings. The molecule has 0 aliphatic carbocycles. The normalized spacial score (nSPS) is 10.7. The van der Waals surface area contributed by atoms with Gasteiger partial charge in [-0.25, -0.2) is 9.18 Å². The summed E-state index contributed by atoms with van der Waals surface area (Å²) in [5.41, 5.74) is 1.81. The molecule has 4 nitrogen and oxygen atoms in total. The van der Waals surface area contributed by atoms with Gasteiger partial charge in [0.1, 0.15) is 0 Å². The lowest BCUT2D eigenvalue weighted by Crippen LogP contribution is -2.07. The number of carboxylic acid groups (broad SMARTS) is 1. The van der Waals surface area contributed by atoms with Crippen molar-refractivity contribution in [1.82, 2.24) is 4.98 Å². The van der Waals surface area contributed by atoms with E-state index in [1.807, 2.05) is 13.8 Å². The Morgan fingerprint density at radius 1 is 1.33 bits per heavy atom. The van der Waals surface area contributed by atoms with Gasteiger partial charge in [0.15, 0.2) is 11.6 Å². The van der Waals surface area contributed by atoms with Gasteiger partial charge in [0.25, 0.3) is 0 Å². The Balaban J connectivity index is 2.46. The fraction of sp³-hybridized carbons (Fsp3) is 0.250. The maximum Gasteiger partial charge on any atom is 0.337 e. The van der Waals surface area contributed by atoms with Crippen molar-refractivity contribution in [2.75, 3.05) is 0 Å². The van der Waals surface area contributed by atoms with Crippen LogP contribution in [0.5, 0.6) is 5.75 Å². The Labute approximate surface area is 122 Å². The molecule has 0 amide bonds. The van der Waals surface area contributed by atoms with Crippen molar-refractivity contribution in [3.63, 3.8) is 0 Å². The van der Waals surface area contributed by atoms with Gasteiger partial charge < -0.3 is 9.84 Å². The van der Waals surface area contributed by atoms with Crippen molar-refractivity contribution in [2.45, 2.75) is 26.9 Å². The van der Waals surface area contributed by atoms with Crippen molar-refractivity contribution in [3.05, 3.63) is 47.5 Å². The third kappa shape index (κ3) is 3.18. The van der Waals surface area contributed by atoms with E-state index < -0.39 is 11.8 Å². The first-order valence-corrected chi connectivity index (χ1v) is 6.54. The summed E-state index contributed by atoms with van der Waals surface area (Å²) in [7, 11) is 0. The van der Waals surface area contributed by atoms with Crippen molar-refractivity contribution < 1.29 is 19.0 Å². The molecule has 1 N–H and O–H groups in total. The number of ether oxygens (including phenoxy) is 1. The van der Waals surface area contributed by atoms with Crippen LogP contribution in [0.15, 0.2) is 30.6 Å². The summed E-state index contributed by atoms with van der Waals surface area (Å²) in [6.07, 6.45) is 2.69. The molecule has 0 bridgehead atoms. The maximum absolute atomic E-state index is 14.0. The molecule has 0 spiro atoms. The molecule has 0 aliphatic heterocycles. The molecule has 0 saturated heterocycles. The Morgan fingerprint density at radius 2 is 2.05 bits per heavy atom. The van der Waals surface area contributed by atoms with E-state index in [4.69, 9.17) is 9.84 Å². The smallest absolute Gasteiger partial charge is 0.337 e. The number of halogens is 1. The number of rotatable bonds is 4. The Kier molecular flexibility index (Phi) is 4.21. The third-order valence-electron chi connectivity index (χ3n) is 3.05. The van der Waals surface area contributed by atoms with E-state index in [2.05, 4.69) is 4.98 Å². The zero-order chi connectivity index (χ0) is 15.6. The Bertz CT molecular complexity index is 683. The SMILES string of the molecule is Cc1c(C(=O)O)cncc1-c1ccc(OC(C)C)c(F)c1. The van der Waals surface area contributed by atoms with Crippen LogP contribution in [0.4, 0.5) is 4.39 Å². The molecule has 2 rings (SSSR count). The lowest BCUT2D eigenvalue weighted by molar-refractivity contribution is 0.0695. The summed E-state index contributed by atoms with van der Waals surface area (Å²) in [6, 6.07) is 4.56. The van der Waals surface area contributed by atoms with Crippen LogP contribution in [-0.2, 0) is 0 Å². The van der Waals surface area contributed by atoms with E-state index in [-0.39, 0.29) is 17.4 Å². The predicted octanol–water partition coefficient (Wildman–Crippen LogP) is 3.68. The van der Waals surface area contributed by atoms with Gasteiger partial charge in [-0.15, -0.1) is 0 Å². The van der Waals surface area contributed by atoms with Crippen molar-refractivity contribution in [1.29, 1.82) is 0 Å². The number of pyridine rings is 1. The molecular formula is C16H16FNO3. The van der Waals surface area contributed by atoms with Gasteiger partial charge in [0.05, 0.1) is 11.7 Å². The van der Waals surface area contributed by atoms with Gasteiger partial charge in [-0.05, 0) is 44.0 Å². The van der Waals surface area contributed by atoms with E-state index in [9.17, 15) is 9.18 Å². The van der Waals surface area contributed by atoms with Crippen LogP contribution in [0.2, 0.25) is 0 Å². The van der Waals surface area contributed by atoms with E-state index in [1.54, 1.807) is 13.0 Å². The summed E-state index contributed by atoms with van der Waals surface area (Å²) in [4.78, 5) is 15.0. The van der Waals surface area contributed by atoms with Crippen LogP contribution in [0.25, 0.3) is 11.1 Å². The minimum absolute atomic E-state index is 0.107. The zero-order valence-electron chi connectivity index (χ0n) is 12.1. The summed E-state index contributed by atoms with van der Waals surface area (Å²) in [6.45, 7) is 5.31. The quantitative estimate of drug-likeness (QED) is 0.932. The van der Waals surface area contributed by atoms with Crippen LogP contribution in [0.1, 0.15) is 29.8 Å². The highest BCUT2D eigenvalue weighted by atomic mass is 19.1. The first-order chi connectivity index (χ1) is 9.90. The summed E-state index contributed by atoms with van der Waals surface area (Å²) in [5.74, 6) is -1.36. The number of aromatic carboxylic acids is 1. The highest BCUT2D eigenvalue weighted by Crippen LogP contribution is 2.29. The number of carboxylic acids is 1. The first kappa shape index (κ1) is 15.0. The van der Waals surface area contributed by atoms with Gasteiger partial charge >= 0.3 is 5.97 Å². The molecule has 5 heteroatoms. The van der Waals surface area contributed by atoms with E-state index in [0.717, 1.165) is 0 Å². The summed E-state index contributed by atoms with van der Waals surface area (Å²) >= 11 is 0. The van der Waals surface area contributed by atoms with Crippen molar-refractivity contribution in [2.24, 2.45) is 0 Å². The molecule has 0 atom stereocenters. The number of benzene rings is 1. The summed E-state index contributed by atoms with van der Waals surface area (Å²) in [5, 5.41) is 9.10. The van der Waals surface area contributed by atoms with Gasteiger partial charge in [0.2, 0.25) is 0 Å². The van der Waals surface area contributed by atoms with E-state index >= 15 is 0 Å². The fourth-order valence-electron chi connectivity index (χ4n) is 2.05. The zero-order valence-corrected chi connectivity index (χ0v) is 12.1. The monoisotopic (exact) mass is 289 g/mol. The fourth-order valence-corrected chi connectivity index (χ4v) is 2.05. The number of hydrogen-bond acceptors (Lipinski definition) is 3. The van der Waals surface area contributed by atoms with Crippen LogP contribution in [-0.4, -0.2) is 22.2 Å². The first-order valence-electron chi connectivity index (χ1n) is 6.54. The lowest BCUT2D eigenvalue weighted by Gasteiger charge is -2.13. The van der Waals surface area contributed by atoms with Gasteiger partial charge in [-0.2, -0.15) is 0 Å². The summed E-state index contributed by atoms with van der Waals surface area (Å²) < 4.78 is 19.4. The van der Waals surface area contributed by atoms with Gasteiger partial charge in [-0.1, -0.05) is 6.07 Å². The number of aromatic nitrogens is 1. The molecule has 1 heterocycles. The van der Waals surface area contributed by atoms with Crippen LogP contribution < -0.4 is 4.74 Å². The second-order valence-electron chi connectivity index (χ2n) is 4.98. The topological polar surface area (TPSA) is 59.4 Å². The highest BCUT2D eigenvalue weighted by molar-refractivity contribution is 5.91. The second kappa shape index (κ2) is 5.91. The molecule has 0 saturated carbocycles. The molecule has 1 aromatic heterocycles. The number of carbonyl (C=O) groups is 1. The molecule has 21 heavy (non-hydrogen) atoms. The minimum atomic E-state index is -1.05. The third-order valence-corrected chi connectivity index (χ3v) is 3.05. The molecule has 110 valence electrons. The van der Waals surface area contributed by atoms with Crippen LogP contribution in [0.3, 0.4) is 0 Å². The molecule has 0 radical (unpaired) electrons.